The monoisotopic (exact) mass is 157 g/mol. The summed E-state index contributed by atoms with van der Waals surface area (Å²) >= 11 is 0. The number of aliphatic hydroxyl groups is 1. The van der Waals surface area contributed by atoms with Crippen molar-refractivity contribution in [3.05, 3.63) is 11.6 Å². The molecule has 0 aromatic rings. The largest absolute Gasteiger partial charge is 0.396 e. The van der Waals surface area contributed by atoms with Crippen molar-refractivity contribution in [1.29, 1.82) is 0 Å². The van der Waals surface area contributed by atoms with E-state index in [1.165, 1.54) is 5.57 Å². The van der Waals surface area contributed by atoms with Crippen molar-refractivity contribution in [2.24, 2.45) is 0 Å². The summed E-state index contributed by atoms with van der Waals surface area (Å²) in [5.41, 5.74) is 1.41. The van der Waals surface area contributed by atoms with Crippen LogP contribution in [-0.2, 0) is 0 Å². The van der Waals surface area contributed by atoms with Gasteiger partial charge >= 0.3 is 0 Å². The molecule has 2 heteroatoms. The van der Waals surface area contributed by atoms with Crippen molar-refractivity contribution in [1.82, 2.24) is 4.90 Å². The Kier molecular flexibility index (Phi) is 6.18. The number of hydrogen-bond acceptors (Lipinski definition) is 2. The highest BCUT2D eigenvalue weighted by atomic mass is 16.2. The summed E-state index contributed by atoms with van der Waals surface area (Å²) in [5.74, 6) is 0. The van der Waals surface area contributed by atoms with Crippen LogP contribution in [0.15, 0.2) is 11.6 Å². The molecule has 0 radical (unpaired) electrons. The van der Waals surface area contributed by atoms with Gasteiger partial charge < -0.3 is 10.0 Å². The molecule has 0 aliphatic heterocycles. The third kappa shape index (κ3) is 6.07. The van der Waals surface area contributed by atoms with Crippen LogP contribution >= 0.6 is 0 Å². The van der Waals surface area contributed by atoms with E-state index in [0.717, 1.165) is 19.4 Å². The van der Waals surface area contributed by atoms with Gasteiger partial charge in [0.1, 0.15) is 0 Å². The van der Waals surface area contributed by atoms with Gasteiger partial charge in [-0.2, -0.15) is 0 Å². The third-order valence-electron chi connectivity index (χ3n) is 1.54. The Morgan fingerprint density at radius 3 is 2.45 bits per heavy atom. The maximum atomic E-state index is 8.59. The van der Waals surface area contributed by atoms with Gasteiger partial charge in [0, 0.05) is 13.2 Å². The molecule has 0 bridgehead atoms. The molecular weight excluding hydrogens is 138 g/mol. The van der Waals surface area contributed by atoms with Crippen molar-refractivity contribution in [3.63, 3.8) is 0 Å². The Morgan fingerprint density at radius 1 is 1.45 bits per heavy atom. The van der Waals surface area contributed by atoms with Crippen LogP contribution in [-0.4, -0.2) is 37.3 Å². The van der Waals surface area contributed by atoms with Gasteiger partial charge in [-0.3, -0.25) is 0 Å². The minimum absolute atomic E-state index is 0.261. The fourth-order valence-corrected chi connectivity index (χ4v) is 0.996. The molecule has 0 unspecified atom stereocenters. The van der Waals surface area contributed by atoms with Gasteiger partial charge in [-0.25, -0.2) is 0 Å². The number of likely N-dealkylation sites (N-methyl/N-ethyl adjacent to an activating group) is 1. The van der Waals surface area contributed by atoms with Gasteiger partial charge in [-0.1, -0.05) is 18.6 Å². The van der Waals surface area contributed by atoms with E-state index in [0.29, 0.717) is 0 Å². The Hall–Kier alpha value is -0.340. The lowest BCUT2D eigenvalue weighted by Crippen LogP contribution is -2.14. The molecule has 0 saturated carbocycles. The topological polar surface area (TPSA) is 23.5 Å². The molecule has 1 N–H and O–H groups in total. The summed E-state index contributed by atoms with van der Waals surface area (Å²) in [6, 6.07) is 0. The van der Waals surface area contributed by atoms with Crippen molar-refractivity contribution < 1.29 is 5.11 Å². The molecule has 0 aromatic carbocycles. The Bertz CT molecular complexity index is 119. The summed E-state index contributed by atoms with van der Waals surface area (Å²) in [5, 5.41) is 8.59. The van der Waals surface area contributed by atoms with E-state index in [4.69, 9.17) is 5.11 Å². The van der Waals surface area contributed by atoms with Crippen LogP contribution < -0.4 is 0 Å². The van der Waals surface area contributed by atoms with Gasteiger partial charge in [-0.05, 0) is 26.9 Å². The average molecular weight is 157 g/mol. The first kappa shape index (κ1) is 10.7. The quantitative estimate of drug-likeness (QED) is 0.607. The van der Waals surface area contributed by atoms with E-state index in [1.54, 1.807) is 0 Å². The molecule has 0 aliphatic carbocycles. The molecule has 0 aliphatic rings. The lowest BCUT2D eigenvalue weighted by molar-refractivity contribution is 0.302. The summed E-state index contributed by atoms with van der Waals surface area (Å²) in [6.45, 7) is 3.42. The first-order valence-corrected chi connectivity index (χ1v) is 4.14. The summed E-state index contributed by atoms with van der Waals surface area (Å²) in [7, 11) is 4.12. The van der Waals surface area contributed by atoms with Gasteiger partial charge in [0.25, 0.3) is 0 Å². The molecule has 2 nitrogen and oxygen atoms in total. The highest BCUT2D eigenvalue weighted by molar-refractivity contribution is 5.03. The van der Waals surface area contributed by atoms with Crippen molar-refractivity contribution >= 4 is 0 Å². The fourth-order valence-electron chi connectivity index (χ4n) is 0.996. The number of nitrogens with zero attached hydrogens (tertiary/aromatic N) is 1. The molecule has 0 fully saturated rings. The van der Waals surface area contributed by atoms with Crippen molar-refractivity contribution in [3.8, 4) is 0 Å². The average Bonchev–Trinajstić information content (AvgIpc) is 1.97. The Morgan fingerprint density at radius 2 is 2.09 bits per heavy atom. The van der Waals surface area contributed by atoms with E-state index in [-0.39, 0.29) is 6.61 Å². The van der Waals surface area contributed by atoms with Crippen LogP contribution in [0, 0.1) is 0 Å². The smallest absolute Gasteiger partial charge is 0.0465 e. The van der Waals surface area contributed by atoms with Gasteiger partial charge in [0.2, 0.25) is 0 Å². The molecule has 0 aromatic heterocycles. The van der Waals surface area contributed by atoms with Crippen LogP contribution in [0.1, 0.15) is 19.8 Å². The zero-order valence-electron chi connectivity index (χ0n) is 7.80. The van der Waals surface area contributed by atoms with E-state index < -0.39 is 0 Å². The second-order valence-electron chi connectivity index (χ2n) is 2.97. The highest BCUT2D eigenvalue weighted by Gasteiger charge is 1.94. The van der Waals surface area contributed by atoms with E-state index in [1.807, 2.05) is 0 Å². The standard InChI is InChI=1S/C9H19NO/c1-4-9(6-5-7-11)8-10(2)3/h6,11H,4-5,7-8H2,1-3H3/b9-6-. The molecule has 0 heterocycles. The molecule has 0 saturated heterocycles. The fraction of sp³-hybridized carbons (Fsp3) is 0.778. The second kappa shape index (κ2) is 6.38. The first-order valence-electron chi connectivity index (χ1n) is 4.14. The Balaban J connectivity index is 3.73. The predicted octanol–water partition coefficient (Wildman–Crippen LogP) is 1.27. The van der Waals surface area contributed by atoms with Crippen LogP contribution in [0.2, 0.25) is 0 Å². The van der Waals surface area contributed by atoms with E-state index in [2.05, 4.69) is 32.0 Å². The molecule has 0 amide bonds. The van der Waals surface area contributed by atoms with Gasteiger partial charge in [0.05, 0.1) is 0 Å². The molecule has 0 spiro atoms. The predicted molar refractivity (Wildman–Crippen MR) is 48.6 cm³/mol. The summed E-state index contributed by atoms with van der Waals surface area (Å²) in [6.07, 6.45) is 4.00. The maximum absolute atomic E-state index is 8.59. The SMILES string of the molecule is CC/C(=C/CCO)CN(C)C. The normalized spacial score (nSPS) is 12.6. The molecule has 66 valence electrons. The van der Waals surface area contributed by atoms with Gasteiger partial charge in [0.15, 0.2) is 0 Å². The minimum atomic E-state index is 0.261. The molecule has 0 rings (SSSR count). The summed E-state index contributed by atoms with van der Waals surface area (Å²) in [4.78, 5) is 2.15. The first-order chi connectivity index (χ1) is 5.20. The number of rotatable bonds is 5. The lowest BCUT2D eigenvalue weighted by atomic mass is 10.1. The molecule has 11 heavy (non-hydrogen) atoms. The van der Waals surface area contributed by atoms with Crippen molar-refractivity contribution in [2.75, 3.05) is 27.2 Å². The Labute approximate surface area is 69.5 Å². The second-order valence-corrected chi connectivity index (χ2v) is 2.97. The van der Waals surface area contributed by atoms with Crippen LogP contribution in [0.4, 0.5) is 0 Å². The van der Waals surface area contributed by atoms with Crippen molar-refractivity contribution in [2.45, 2.75) is 19.8 Å². The summed E-state index contributed by atoms with van der Waals surface area (Å²) < 4.78 is 0. The number of aliphatic hydroxyl groups excluding tert-OH is 1. The van der Waals surface area contributed by atoms with E-state index >= 15 is 0 Å². The van der Waals surface area contributed by atoms with Crippen LogP contribution in [0.5, 0.6) is 0 Å². The third-order valence-corrected chi connectivity index (χ3v) is 1.54. The van der Waals surface area contributed by atoms with Gasteiger partial charge in [-0.15, -0.1) is 0 Å². The van der Waals surface area contributed by atoms with Crippen LogP contribution in [0.3, 0.4) is 0 Å². The zero-order chi connectivity index (χ0) is 8.69. The number of hydrogen-bond donors (Lipinski definition) is 1. The lowest BCUT2D eigenvalue weighted by Gasteiger charge is -2.11. The van der Waals surface area contributed by atoms with Crippen LogP contribution in [0.25, 0.3) is 0 Å². The highest BCUT2D eigenvalue weighted by Crippen LogP contribution is 2.02. The minimum Gasteiger partial charge on any atom is -0.396 e. The molecular formula is C9H19NO. The van der Waals surface area contributed by atoms with E-state index in [9.17, 15) is 0 Å². The maximum Gasteiger partial charge on any atom is 0.0465 e. The zero-order valence-corrected chi connectivity index (χ0v) is 7.80. The molecule has 0 atom stereocenters.